The minimum absolute atomic E-state index is 0.0207. The average molecular weight is 429 g/mol. The Kier molecular flexibility index (Phi) is 6.91. The number of carbonyl (C=O) groups is 1. The molecule has 3 N–H and O–H groups in total. The maximum atomic E-state index is 13.1. The Bertz CT molecular complexity index is 1150. The van der Waals surface area contributed by atoms with Crippen LogP contribution in [0.3, 0.4) is 0 Å². The third-order valence-electron chi connectivity index (χ3n) is 4.55. The summed E-state index contributed by atoms with van der Waals surface area (Å²) in [5.41, 5.74) is 0.380. The highest BCUT2D eigenvalue weighted by molar-refractivity contribution is 7.92. The van der Waals surface area contributed by atoms with Gasteiger partial charge < -0.3 is 15.2 Å². The lowest BCUT2D eigenvalue weighted by molar-refractivity contribution is 0.0700. The summed E-state index contributed by atoms with van der Waals surface area (Å²) in [6.07, 6.45) is 0.726. The molecule has 0 unspecified atom stereocenters. The molecule has 0 fully saturated rings. The number of rotatable bonds is 10. The first-order chi connectivity index (χ1) is 14.4. The second kappa shape index (κ2) is 9.60. The molecule has 3 aromatic rings. The van der Waals surface area contributed by atoms with Gasteiger partial charge in [0.1, 0.15) is 4.90 Å². The second-order valence-corrected chi connectivity index (χ2v) is 8.24. The lowest BCUT2D eigenvalue weighted by Crippen LogP contribution is -2.18. The number of nitrogens with one attached hydrogen (secondary N) is 2. The van der Waals surface area contributed by atoms with Crippen molar-refractivity contribution in [2.45, 2.75) is 18.2 Å². The van der Waals surface area contributed by atoms with Crippen LogP contribution < -0.4 is 10.0 Å². The van der Waals surface area contributed by atoms with E-state index in [0.717, 1.165) is 6.42 Å². The monoisotopic (exact) mass is 428 g/mol. The van der Waals surface area contributed by atoms with E-state index in [1.807, 2.05) is 6.92 Å². The van der Waals surface area contributed by atoms with Crippen LogP contribution in [0, 0.1) is 0 Å². The lowest BCUT2D eigenvalue weighted by atomic mass is 10.0. The Hall–Kier alpha value is -3.10. The van der Waals surface area contributed by atoms with Crippen molar-refractivity contribution >= 4 is 38.1 Å². The number of benzene rings is 3. The number of para-hydroxylation sites is 1. The van der Waals surface area contributed by atoms with E-state index >= 15 is 0 Å². The quantitative estimate of drug-likeness (QED) is 0.419. The van der Waals surface area contributed by atoms with Crippen LogP contribution in [-0.2, 0) is 14.8 Å². The molecule has 3 aromatic carbocycles. The van der Waals surface area contributed by atoms with Gasteiger partial charge in [-0.25, -0.2) is 13.2 Å². The van der Waals surface area contributed by atoms with E-state index in [4.69, 9.17) is 4.74 Å². The Labute approximate surface area is 175 Å². The molecular weight excluding hydrogens is 404 g/mol. The Balaban J connectivity index is 1.91. The van der Waals surface area contributed by atoms with Gasteiger partial charge >= 0.3 is 5.97 Å². The molecule has 0 radical (unpaired) electrons. The number of sulfonamides is 1. The van der Waals surface area contributed by atoms with Crippen molar-refractivity contribution in [3.8, 4) is 0 Å². The minimum atomic E-state index is -4.02. The number of hydrogen-bond donors (Lipinski definition) is 3. The van der Waals surface area contributed by atoms with E-state index in [0.29, 0.717) is 36.2 Å². The zero-order valence-electron chi connectivity index (χ0n) is 16.6. The van der Waals surface area contributed by atoms with Crippen molar-refractivity contribution in [2.24, 2.45) is 0 Å². The molecule has 0 heterocycles. The van der Waals surface area contributed by atoms with Gasteiger partial charge in [-0.2, -0.15) is 0 Å². The van der Waals surface area contributed by atoms with Crippen LogP contribution in [0.5, 0.6) is 0 Å². The third kappa shape index (κ3) is 4.90. The number of hydrogen-bond acceptors (Lipinski definition) is 5. The maximum Gasteiger partial charge on any atom is 0.338 e. The molecule has 158 valence electrons. The molecule has 0 spiro atoms. The van der Waals surface area contributed by atoms with E-state index in [9.17, 15) is 18.3 Å². The largest absolute Gasteiger partial charge is 0.478 e. The first-order valence-corrected chi connectivity index (χ1v) is 11.1. The van der Waals surface area contributed by atoms with Crippen molar-refractivity contribution < 1.29 is 23.1 Å². The average Bonchev–Trinajstić information content (AvgIpc) is 2.73. The molecule has 0 bridgehead atoms. The summed E-state index contributed by atoms with van der Waals surface area (Å²) in [5.74, 6) is -1.20. The normalized spacial score (nSPS) is 11.4. The SMILES string of the molecule is CCOCCCNc1ccccc1S(=O)(=O)Nc1ccc2ccccc2c1C(=O)O. The third-order valence-corrected chi connectivity index (χ3v) is 5.97. The fourth-order valence-electron chi connectivity index (χ4n) is 3.18. The Morgan fingerprint density at radius 1 is 1.00 bits per heavy atom. The predicted octanol–water partition coefficient (Wildman–Crippen LogP) is 4.18. The highest BCUT2D eigenvalue weighted by atomic mass is 32.2. The molecule has 0 saturated carbocycles. The van der Waals surface area contributed by atoms with Gasteiger partial charge in [0.05, 0.1) is 16.9 Å². The molecule has 0 saturated heterocycles. The predicted molar refractivity (Wildman–Crippen MR) is 118 cm³/mol. The highest BCUT2D eigenvalue weighted by Gasteiger charge is 2.22. The van der Waals surface area contributed by atoms with Gasteiger partial charge in [0.25, 0.3) is 10.0 Å². The van der Waals surface area contributed by atoms with Crippen molar-refractivity contribution in [2.75, 3.05) is 29.8 Å². The van der Waals surface area contributed by atoms with Crippen LogP contribution in [0.15, 0.2) is 65.6 Å². The van der Waals surface area contributed by atoms with E-state index in [1.54, 1.807) is 48.5 Å². The summed E-state index contributed by atoms with van der Waals surface area (Å²) in [6, 6.07) is 16.6. The van der Waals surface area contributed by atoms with Crippen LogP contribution in [0.4, 0.5) is 11.4 Å². The summed E-state index contributed by atoms with van der Waals surface area (Å²) >= 11 is 0. The van der Waals surface area contributed by atoms with Gasteiger partial charge in [0.15, 0.2) is 0 Å². The van der Waals surface area contributed by atoms with Crippen LogP contribution in [-0.4, -0.2) is 39.3 Å². The van der Waals surface area contributed by atoms with Gasteiger partial charge in [-0.3, -0.25) is 4.72 Å². The lowest BCUT2D eigenvalue weighted by Gasteiger charge is -2.16. The molecule has 3 rings (SSSR count). The van der Waals surface area contributed by atoms with E-state index in [-0.39, 0.29) is 16.1 Å². The molecule has 0 atom stereocenters. The first kappa shape index (κ1) is 21.6. The fourth-order valence-corrected chi connectivity index (χ4v) is 4.43. The van der Waals surface area contributed by atoms with Crippen LogP contribution in [0.2, 0.25) is 0 Å². The summed E-state index contributed by atoms with van der Waals surface area (Å²) in [7, 11) is -4.02. The highest BCUT2D eigenvalue weighted by Crippen LogP contribution is 2.30. The standard InChI is InChI=1S/C22H24N2O5S/c1-2-29-15-7-14-23-18-10-5-6-11-20(18)30(27,28)24-19-13-12-16-8-3-4-9-17(16)21(19)22(25)26/h3-6,8-13,23-24H,2,7,14-15H2,1H3,(H,25,26). The number of anilines is 2. The van der Waals surface area contributed by atoms with Gasteiger partial charge in [0, 0.05) is 19.8 Å². The molecular formula is C22H24N2O5S. The topological polar surface area (TPSA) is 105 Å². The number of aromatic carboxylic acids is 1. The summed E-state index contributed by atoms with van der Waals surface area (Å²) in [6.45, 7) is 3.67. The molecule has 7 nitrogen and oxygen atoms in total. The van der Waals surface area contributed by atoms with Gasteiger partial charge in [-0.05, 0) is 42.3 Å². The fraction of sp³-hybridized carbons (Fsp3) is 0.227. The van der Waals surface area contributed by atoms with E-state index < -0.39 is 16.0 Å². The van der Waals surface area contributed by atoms with E-state index in [1.165, 1.54) is 12.1 Å². The Morgan fingerprint density at radius 2 is 1.73 bits per heavy atom. The zero-order valence-corrected chi connectivity index (χ0v) is 17.4. The molecule has 0 aromatic heterocycles. The number of carboxylic acids is 1. The van der Waals surface area contributed by atoms with Gasteiger partial charge in [-0.15, -0.1) is 0 Å². The van der Waals surface area contributed by atoms with Gasteiger partial charge in [-0.1, -0.05) is 42.5 Å². The number of fused-ring (bicyclic) bond motifs is 1. The maximum absolute atomic E-state index is 13.1. The van der Waals surface area contributed by atoms with Crippen molar-refractivity contribution in [1.82, 2.24) is 0 Å². The summed E-state index contributed by atoms with van der Waals surface area (Å²) in [5, 5.41) is 14.0. The molecule has 8 heteroatoms. The van der Waals surface area contributed by atoms with E-state index in [2.05, 4.69) is 10.0 Å². The van der Waals surface area contributed by atoms with Crippen molar-refractivity contribution in [3.05, 3.63) is 66.2 Å². The number of ether oxygens (including phenoxy) is 1. The minimum Gasteiger partial charge on any atom is -0.478 e. The van der Waals surface area contributed by atoms with Gasteiger partial charge in [0.2, 0.25) is 0 Å². The summed E-state index contributed by atoms with van der Waals surface area (Å²) in [4.78, 5) is 11.9. The Morgan fingerprint density at radius 3 is 2.50 bits per heavy atom. The molecule has 0 amide bonds. The summed E-state index contributed by atoms with van der Waals surface area (Å²) < 4.78 is 33.9. The molecule has 0 aliphatic carbocycles. The van der Waals surface area contributed by atoms with Crippen molar-refractivity contribution in [3.63, 3.8) is 0 Å². The van der Waals surface area contributed by atoms with Crippen molar-refractivity contribution in [1.29, 1.82) is 0 Å². The molecule has 30 heavy (non-hydrogen) atoms. The zero-order chi connectivity index (χ0) is 21.6. The second-order valence-electron chi connectivity index (χ2n) is 6.59. The van der Waals surface area contributed by atoms with Crippen LogP contribution in [0.1, 0.15) is 23.7 Å². The van der Waals surface area contributed by atoms with Crippen LogP contribution >= 0.6 is 0 Å². The molecule has 0 aliphatic heterocycles. The first-order valence-electron chi connectivity index (χ1n) is 9.62. The number of carboxylic acid groups (broad SMARTS) is 1. The smallest absolute Gasteiger partial charge is 0.338 e. The molecule has 0 aliphatic rings. The van der Waals surface area contributed by atoms with Crippen LogP contribution in [0.25, 0.3) is 10.8 Å².